The van der Waals surface area contributed by atoms with E-state index in [2.05, 4.69) is 17.2 Å². The fourth-order valence-corrected chi connectivity index (χ4v) is 2.53. The molecule has 17 heavy (non-hydrogen) atoms. The minimum absolute atomic E-state index is 0.0223. The highest BCUT2D eigenvalue weighted by Crippen LogP contribution is 2.24. The van der Waals surface area contributed by atoms with E-state index in [9.17, 15) is 4.79 Å². The normalized spacial score (nSPS) is 23.7. The van der Waals surface area contributed by atoms with Crippen LogP contribution >= 0.6 is 0 Å². The lowest BCUT2D eigenvalue weighted by molar-refractivity contribution is 0.0936. The van der Waals surface area contributed by atoms with Crippen LogP contribution in [-0.2, 0) is 0 Å². The van der Waals surface area contributed by atoms with Gasteiger partial charge in [0.15, 0.2) is 0 Å². The molecule has 0 aliphatic heterocycles. The molecule has 1 aliphatic carbocycles. The van der Waals surface area contributed by atoms with Crippen LogP contribution in [-0.4, -0.2) is 16.9 Å². The van der Waals surface area contributed by atoms with Gasteiger partial charge in [0.1, 0.15) is 0 Å². The molecule has 1 aliphatic rings. The van der Waals surface area contributed by atoms with Gasteiger partial charge < -0.3 is 5.32 Å². The number of carbonyl (C=O) groups excluding carboxylic acids is 1. The van der Waals surface area contributed by atoms with Crippen molar-refractivity contribution in [3.63, 3.8) is 0 Å². The molecule has 0 radical (unpaired) electrons. The Bertz CT molecular complexity index is 428. The summed E-state index contributed by atoms with van der Waals surface area (Å²) < 4.78 is 0. The van der Waals surface area contributed by atoms with Crippen molar-refractivity contribution in [2.24, 2.45) is 5.92 Å². The molecule has 0 bridgehead atoms. The first-order valence-corrected chi connectivity index (χ1v) is 6.31. The molecule has 1 amide bonds. The highest BCUT2D eigenvalue weighted by atomic mass is 16.1. The second kappa shape index (κ2) is 4.86. The smallest absolute Gasteiger partial charge is 0.253 e. The molecule has 2 atom stereocenters. The maximum atomic E-state index is 12.1. The average molecular weight is 232 g/mol. The first-order valence-electron chi connectivity index (χ1n) is 6.31. The zero-order valence-corrected chi connectivity index (χ0v) is 10.8. The van der Waals surface area contributed by atoms with Gasteiger partial charge in [-0.2, -0.15) is 0 Å². The Morgan fingerprint density at radius 2 is 2.12 bits per heavy atom. The number of aromatic nitrogens is 1. The molecule has 1 N–H and O–H groups in total. The van der Waals surface area contributed by atoms with Crippen molar-refractivity contribution in [3.05, 3.63) is 29.1 Å². The van der Waals surface area contributed by atoms with E-state index < -0.39 is 0 Å². The van der Waals surface area contributed by atoms with Gasteiger partial charge in [-0.3, -0.25) is 9.78 Å². The second-order valence-corrected chi connectivity index (χ2v) is 5.17. The standard InChI is InChI=1S/C14H20N2O/c1-9-4-6-12(8-9)16-14(17)13-7-5-10(2)15-11(13)3/h5,7,9,12H,4,6,8H2,1-3H3,(H,16,17). The van der Waals surface area contributed by atoms with Gasteiger partial charge in [0, 0.05) is 11.7 Å². The first kappa shape index (κ1) is 12.1. The Morgan fingerprint density at radius 3 is 2.71 bits per heavy atom. The van der Waals surface area contributed by atoms with Crippen molar-refractivity contribution in [3.8, 4) is 0 Å². The molecule has 0 spiro atoms. The predicted octanol–water partition coefficient (Wildman–Crippen LogP) is 2.62. The predicted molar refractivity (Wildman–Crippen MR) is 68.0 cm³/mol. The molecule has 1 saturated carbocycles. The molecular weight excluding hydrogens is 212 g/mol. The van der Waals surface area contributed by atoms with E-state index in [0.29, 0.717) is 11.6 Å². The lowest BCUT2D eigenvalue weighted by atomic mass is 10.1. The van der Waals surface area contributed by atoms with Crippen molar-refractivity contribution in [2.45, 2.75) is 46.1 Å². The Labute approximate surface area is 103 Å². The number of hydrogen-bond donors (Lipinski definition) is 1. The summed E-state index contributed by atoms with van der Waals surface area (Å²) >= 11 is 0. The summed E-state index contributed by atoms with van der Waals surface area (Å²) in [6.45, 7) is 6.07. The highest BCUT2D eigenvalue weighted by molar-refractivity contribution is 5.95. The van der Waals surface area contributed by atoms with Gasteiger partial charge in [0.05, 0.1) is 11.3 Å². The third-order valence-electron chi connectivity index (χ3n) is 3.50. The van der Waals surface area contributed by atoms with Crippen LogP contribution in [0.4, 0.5) is 0 Å². The summed E-state index contributed by atoms with van der Waals surface area (Å²) in [5.74, 6) is 0.756. The third kappa shape index (κ3) is 2.84. The first-order chi connectivity index (χ1) is 8.06. The third-order valence-corrected chi connectivity index (χ3v) is 3.50. The lowest BCUT2D eigenvalue weighted by Gasteiger charge is -2.13. The topological polar surface area (TPSA) is 42.0 Å². The summed E-state index contributed by atoms with van der Waals surface area (Å²) in [7, 11) is 0. The fourth-order valence-electron chi connectivity index (χ4n) is 2.53. The van der Waals surface area contributed by atoms with Crippen LogP contribution in [0.1, 0.15) is 47.9 Å². The number of aryl methyl sites for hydroxylation is 2. The molecule has 92 valence electrons. The maximum absolute atomic E-state index is 12.1. The van der Waals surface area contributed by atoms with E-state index in [1.54, 1.807) is 0 Å². The molecule has 1 aromatic heterocycles. The monoisotopic (exact) mass is 232 g/mol. The van der Waals surface area contributed by atoms with Gasteiger partial charge in [-0.15, -0.1) is 0 Å². The number of nitrogens with one attached hydrogen (secondary N) is 1. The molecule has 1 heterocycles. The summed E-state index contributed by atoms with van der Waals surface area (Å²) in [5, 5.41) is 3.11. The zero-order chi connectivity index (χ0) is 12.4. The van der Waals surface area contributed by atoms with Crippen LogP contribution < -0.4 is 5.32 Å². The quantitative estimate of drug-likeness (QED) is 0.851. The van der Waals surface area contributed by atoms with Crippen molar-refractivity contribution in [1.82, 2.24) is 10.3 Å². The van der Waals surface area contributed by atoms with Crippen molar-refractivity contribution in [2.75, 3.05) is 0 Å². The Hall–Kier alpha value is -1.38. The molecule has 2 rings (SSSR count). The summed E-state index contributed by atoms with van der Waals surface area (Å²) in [4.78, 5) is 16.4. The van der Waals surface area contributed by atoms with Gasteiger partial charge in [-0.1, -0.05) is 6.92 Å². The summed E-state index contributed by atoms with van der Waals surface area (Å²) in [5.41, 5.74) is 2.47. The van der Waals surface area contributed by atoms with Gasteiger partial charge in [0.25, 0.3) is 5.91 Å². The minimum atomic E-state index is 0.0223. The van der Waals surface area contributed by atoms with Crippen LogP contribution in [0, 0.1) is 19.8 Å². The number of hydrogen-bond acceptors (Lipinski definition) is 2. The van der Waals surface area contributed by atoms with Gasteiger partial charge in [-0.05, 0) is 51.2 Å². The average Bonchev–Trinajstić information content (AvgIpc) is 2.63. The van der Waals surface area contributed by atoms with Gasteiger partial charge in [-0.25, -0.2) is 0 Å². The summed E-state index contributed by atoms with van der Waals surface area (Å²) in [6, 6.07) is 4.10. The Kier molecular flexibility index (Phi) is 3.46. The number of pyridine rings is 1. The molecule has 2 unspecified atom stereocenters. The molecule has 1 fully saturated rings. The Balaban J connectivity index is 2.04. The van der Waals surface area contributed by atoms with E-state index in [1.165, 1.54) is 6.42 Å². The second-order valence-electron chi connectivity index (χ2n) is 5.17. The van der Waals surface area contributed by atoms with Crippen molar-refractivity contribution < 1.29 is 4.79 Å². The number of carbonyl (C=O) groups is 1. The lowest BCUT2D eigenvalue weighted by Crippen LogP contribution is -2.33. The molecule has 0 aromatic carbocycles. The van der Waals surface area contributed by atoms with Crippen molar-refractivity contribution >= 4 is 5.91 Å². The number of rotatable bonds is 2. The molecule has 1 aromatic rings. The fraction of sp³-hybridized carbons (Fsp3) is 0.571. The number of amides is 1. The van der Waals surface area contributed by atoms with Crippen molar-refractivity contribution in [1.29, 1.82) is 0 Å². The Morgan fingerprint density at radius 1 is 1.35 bits per heavy atom. The van der Waals surface area contributed by atoms with Gasteiger partial charge in [0.2, 0.25) is 0 Å². The largest absolute Gasteiger partial charge is 0.349 e. The zero-order valence-electron chi connectivity index (χ0n) is 10.8. The van der Waals surface area contributed by atoms with Crippen LogP contribution in [0.5, 0.6) is 0 Å². The van der Waals surface area contributed by atoms with Gasteiger partial charge >= 0.3 is 0 Å². The molecule has 3 heteroatoms. The van der Waals surface area contributed by atoms with E-state index in [-0.39, 0.29) is 5.91 Å². The highest BCUT2D eigenvalue weighted by Gasteiger charge is 2.23. The molecule has 3 nitrogen and oxygen atoms in total. The number of nitrogens with zero attached hydrogens (tertiary/aromatic N) is 1. The van der Waals surface area contributed by atoms with Crippen LogP contribution in [0.15, 0.2) is 12.1 Å². The van der Waals surface area contributed by atoms with Crippen LogP contribution in [0.2, 0.25) is 0 Å². The van der Waals surface area contributed by atoms with E-state index in [1.807, 2.05) is 26.0 Å². The van der Waals surface area contributed by atoms with E-state index >= 15 is 0 Å². The minimum Gasteiger partial charge on any atom is -0.349 e. The van der Waals surface area contributed by atoms with Crippen LogP contribution in [0.25, 0.3) is 0 Å². The SMILES string of the molecule is Cc1ccc(C(=O)NC2CCC(C)C2)c(C)n1. The molecule has 0 saturated heterocycles. The summed E-state index contributed by atoms with van der Waals surface area (Å²) in [6.07, 6.45) is 3.42. The van der Waals surface area contributed by atoms with Crippen LogP contribution in [0.3, 0.4) is 0 Å². The molecular formula is C14H20N2O. The van der Waals surface area contributed by atoms with E-state index in [0.717, 1.165) is 30.1 Å². The maximum Gasteiger partial charge on any atom is 0.253 e. The van der Waals surface area contributed by atoms with E-state index in [4.69, 9.17) is 0 Å².